The molecule has 154 valence electrons. The highest BCUT2D eigenvalue weighted by Gasteiger charge is 2.46. The van der Waals surface area contributed by atoms with Crippen LogP contribution in [0.1, 0.15) is 42.5 Å². The van der Waals surface area contributed by atoms with Crippen LogP contribution in [0.5, 0.6) is 5.75 Å². The Balaban J connectivity index is 1.43. The third-order valence-corrected chi connectivity index (χ3v) is 6.77. The molecule has 0 amide bonds. The number of aromatic nitrogens is 2. The first-order valence-corrected chi connectivity index (χ1v) is 11.9. The Morgan fingerprint density at radius 2 is 1.97 bits per heavy atom. The van der Waals surface area contributed by atoms with E-state index in [1.54, 1.807) is 11.8 Å². The van der Waals surface area contributed by atoms with Crippen molar-refractivity contribution in [2.45, 2.75) is 55.7 Å². The second-order valence-electron chi connectivity index (χ2n) is 8.31. The standard InChI is InChI=1S/C25H27N3OS/c1-17-13-19(30-2)14-27-23(17)16-28-25(10-11-25)22-15-26-12-9-20(22)21-5-3-4-6-24(21)29-18-7-8-18/h3-6,9,12-15,18,28H,7-8,10-11,16H2,1-2H3. The molecule has 1 aromatic carbocycles. The molecule has 3 aromatic rings. The van der Waals surface area contributed by atoms with Gasteiger partial charge in [-0.3, -0.25) is 9.97 Å². The average Bonchev–Trinajstić information content (AvgIpc) is 3.70. The van der Waals surface area contributed by atoms with Crippen LogP contribution in [0.4, 0.5) is 0 Å². The van der Waals surface area contributed by atoms with E-state index >= 15 is 0 Å². The van der Waals surface area contributed by atoms with E-state index < -0.39 is 0 Å². The van der Waals surface area contributed by atoms with Crippen molar-refractivity contribution in [1.29, 1.82) is 0 Å². The Morgan fingerprint density at radius 3 is 2.70 bits per heavy atom. The van der Waals surface area contributed by atoms with E-state index in [1.807, 2.05) is 18.6 Å². The van der Waals surface area contributed by atoms with Gasteiger partial charge >= 0.3 is 0 Å². The first kappa shape index (κ1) is 19.6. The van der Waals surface area contributed by atoms with Gasteiger partial charge in [-0.2, -0.15) is 0 Å². The molecular formula is C25H27N3OS. The molecule has 2 saturated carbocycles. The molecule has 0 aliphatic heterocycles. The highest BCUT2D eigenvalue weighted by molar-refractivity contribution is 7.98. The quantitative estimate of drug-likeness (QED) is 0.491. The molecule has 0 unspecified atom stereocenters. The molecule has 2 aliphatic carbocycles. The van der Waals surface area contributed by atoms with Crippen LogP contribution in [-0.2, 0) is 12.1 Å². The zero-order chi connectivity index (χ0) is 20.6. The fourth-order valence-corrected chi connectivity index (χ4v) is 4.41. The van der Waals surface area contributed by atoms with E-state index in [1.165, 1.54) is 21.6 Å². The van der Waals surface area contributed by atoms with Crippen molar-refractivity contribution in [3.8, 4) is 16.9 Å². The molecule has 0 radical (unpaired) electrons. The maximum atomic E-state index is 6.21. The van der Waals surface area contributed by atoms with Crippen LogP contribution in [-0.4, -0.2) is 22.3 Å². The first-order chi connectivity index (χ1) is 14.7. The predicted octanol–water partition coefficient (Wildman–Crippen LogP) is 5.49. The SMILES string of the molecule is CSc1cnc(CNC2(c3cnccc3-c3ccccc3OC3CC3)CC2)c(C)c1. The summed E-state index contributed by atoms with van der Waals surface area (Å²) in [4.78, 5) is 10.4. The molecule has 4 nitrogen and oxygen atoms in total. The van der Waals surface area contributed by atoms with Gasteiger partial charge in [0.1, 0.15) is 5.75 Å². The summed E-state index contributed by atoms with van der Waals surface area (Å²) < 4.78 is 6.21. The lowest BCUT2D eigenvalue weighted by molar-refractivity contribution is 0.304. The Kier molecular flexibility index (Phi) is 5.25. The minimum atomic E-state index is -0.0391. The van der Waals surface area contributed by atoms with E-state index in [2.05, 4.69) is 64.9 Å². The second-order valence-corrected chi connectivity index (χ2v) is 9.19. The summed E-state index contributed by atoms with van der Waals surface area (Å²) in [6.07, 6.45) is 12.9. The van der Waals surface area contributed by atoms with Crippen molar-refractivity contribution in [2.24, 2.45) is 0 Å². The lowest BCUT2D eigenvalue weighted by atomic mass is 9.94. The lowest BCUT2D eigenvalue weighted by Gasteiger charge is -2.22. The molecule has 5 heteroatoms. The molecule has 1 N–H and O–H groups in total. The maximum Gasteiger partial charge on any atom is 0.127 e. The van der Waals surface area contributed by atoms with Crippen LogP contribution in [0.2, 0.25) is 0 Å². The van der Waals surface area contributed by atoms with E-state index in [-0.39, 0.29) is 5.54 Å². The highest BCUT2D eigenvalue weighted by Crippen LogP contribution is 2.50. The number of pyridine rings is 2. The molecular weight excluding hydrogens is 390 g/mol. The summed E-state index contributed by atoms with van der Waals surface area (Å²) >= 11 is 1.73. The molecule has 0 atom stereocenters. The van der Waals surface area contributed by atoms with Crippen LogP contribution < -0.4 is 10.1 Å². The van der Waals surface area contributed by atoms with Gasteiger partial charge in [0.15, 0.2) is 0 Å². The molecule has 0 bridgehead atoms. The van der Waals surface area contributed by atoms with E-state index in [9.17, 15) is 0 Å². The molecule has 2 heterocycles. The Bertz CT molecular complexity index is 1060. The van der Waals surface area contributed by atoms with Crippen molar-refractivity contribution in [2.75, 3.05) is 6.26 Å². The molecule has 0 saturated heterocycles. The van der Waals surface area contributed by atoms with E-state index in [0.29, 0.717) is 6.10 Å². The fraction of sp³-hybridized carbons (Fsp3) is 0.360. The molecule has 30 heavy (non-hydrogen) atoms. The van der Waals surface area contributed by atoms with Gasteiger partial charge in [0.2, 0.25) is 0 Å². The molecule has 0 spiro atoms. The lowest BCUT2D eigenvalue weighted by Crippen LogP contribution is -2.30. The zero-order valence-corrected chi connectivity index (χ0v) is 18.3. The van der Waals surface area contributed by atoms with Gasteiger partial charge in [0.05, 0.1) is 11.8 Å². The fourth-order valence-electron chi connectivity index (χ4n) is 3.96. The first-order valence-electron chi connectivity index (χ1n) is 10.6. The molecule has 5 rings (SSSR count). The minimum absolute atomic E-state index is 0.0391. The van der Waals surface area contributed by atoms with Crippen molar-refractivity contribution >= 4 is 11.8 Å². The normalized spacial score (nSPS) is 17.0. The Labute approximate surface area is 182 Å². The number of ether oxygens (including phenoxy) is 1. The molecule has 2 fully saturated rings. The number of nitrogens with zero attached hydrogens (tertiary/aromatic N) is 2. The average molecular weight is 418 g/mol. The third-order valence-electron chi connectivity index (χ3n) is 6.07. The summed E-state index contributed by atoms with van der Waals surface area (Å²) in [5.41, 5.74) is 5.95. The van der Waals surface area contributed by atoms with Crippen molar-refractivity contribution in [3.63, 3.8) is 0 Å². The topological polar surface area (TPSA) is 47.0 Å². The van der Waals surface area contributed by atoms with Gasteiger partial charge in [-0.15, -0.1) is 11.8 Å². The highest BCUT2D eigenvalue weighted by atomic mass is 32.2. The Morgan fingerprint density at radius 1 is 1.13 bits per heavy atom. The number of thioether (sulfide) groups is 1. The van der Waals surface area contributed by atoms with Crippen LogP contribution in [0.15, 0.2) is 59.9 Å². The van der Waals surface area contributed by atoms with Gasteiger partial charge in [-0.05, 0) is 73.8 Å². The third kappa shape index (κ3) is 3.96. The van der Waals surface area contributed by atoms with Crippen molar-refractivity contribution in [1.82, 2.24) is 15.3 Å². The van der Waals surface area contributed by atoms with E-state index in [4.69, 9.17) is 4.74 Å². The summed E-state index contributed by atoms with van der Waals surface area (Å²) in [6.45, 7) is 2.90. The molecule has 2 aromatic heterocycles. The van der Waals surface area contributed by atoms with Gasteiger partial charge in [-0.1, -0.05) is 18.2 Å². The summed E-state index contributed by atoms with van der Waals surface area (Å²) in [6, 6.07) is 12.7. The zero-order valence-electron chi connectivity index (χ0n) is 17.5. The van der Waals surface area contributed by atoms with Crippen molar-refractivity contribution in [3.05, 3.63) is 71.8 Å². The van der Waals surface area contributed by atoms with Gasteiger partial charge in [0, 0.05) is 41.1 Å². The second kappa shape index (κ2) is 8.05. The van der Waals surface area contributed by atoms with Crippen LogP contribution >= 0.6 is 11.8 Å². The predicted molar refractivity (Wildman–Crippen MR) is 122 cm³/mol. The summed E-state index contributed by atoms with van der Waals surface area (Å²) in [7, 11) is 0. The largest absolute Gasteiger partial charge is 0.490 e. The minimum Gasteiger partial charge on any atom is -0.490 e. The van der Waals surface area contributed by atoms with Crippen molar-refractivity contribution < 1.29 is 4.74 Å². The monoisotopic (exact) mass is 417 g/mol. The number of nitrogens with one attached hydrogen (secondary N) is 1. The summed E-state index contributed by atoms with van der Waals surface area (Å²) in [5.74, 6) is 0.980. The maximum absolute atomic E-state index is 6.21. The smallest absolute Gasteiger partial charge is 0.127 e. The summed E-state index contributed by atoms with van der Waals surface area (Å²) in [5, 5.41) is 3.81. The Hall–Kier alpha value is -2.37. The number of para-hydroxylation sites is 1. The van der Waals surface area contributed by atoms with Crippen LogP contribution in [0.25, 0.3) is 11.1 Å². The number of aryl methyl sites for hydroxylation is 1. The van der Waals surface area contributed by atoms with Gasteiger partial charge in [0.25, 0.3) is 0 Å². The van der Waals surface area contributed by atoms with Gasteiger partial charge < -0.3 is 10.1 Å². The number of hydrogen-bond donors (Lipinski definition) is 1. The van der Waals surface area contributed by atoms with Crippen LogP contribution in [0.3, 0.4) is 0 Å². The van der Waals surface area contributed by atoms with Gasteiger partial charge in [-0.25, -0.2) is 0 Å². The molecule has 2 aliphatic rings. The number of rotatable bonds is 8. The van der Waals surface area contributed by atoms with Crippen LogP contribution in [0, 0.1) is 6.92 Å². The van der Waals surface area contributed by atoms with E-state index in [0.717, 1.165) is 49.2 Å². The number of hydrogen-bond acceptors (Lipinski definition) is 5. The number of benzene rings is 1.